The Morgan fingerprint density at radius 3 is 2.75 bits per heavy atom. The second-order valence-corrected chi connectivity index (χ2v) is 7.07. The predicted molar refractivity (Wildman–Crippen MR) is 93.4 cm³/mol. The number of aryl methyl sites for hydroxylation is 1. The molecule has 5 nitrogen and oxygen atoms in total. The van der Waals surface area contributed by atoms with Gasteiger partial charge in [-0.3, -0.25) is 14.8 Å². The minimum atomic E-state index is -0.419. The second kappa shape index (κ2) is 7.20. The maximum absolute atomic E-state index is 12.3. The van der Waals surface area contributed by atoms with Crippen LogP contribution in [0.25, 0.3) is 0 Å². The molecule has 1 aromatic heterocycles. The van der Waals surface area contributed by atoms with Crippen LogP contribution in [0.2, 0.25) is 5.02 Å². The van der Waals surface area contributed by atoms with E-state index in [2.05, 4.69) is 16.0 Å². The molecular weight excluding hydrogens is 344 g/mol. The number of rotatable bonds is 4. The highest BCUT2D eigenvalue weighted by atomic mass is 35.5. The van der Waals surface area contributed by atoms with E-state index in [0.717, 1.165) is 11.3 Å². The third kappa shape index (κ3) is 3.53. The van der Waals surface area contributed by atoms with Gasteiger partial charge in [0.1, 0.15) is 5.92 Å². The van der Waals surface area contributed by atoms with Gasteiger partial charge in [-0.1, -0.05) is 23.7 Å². The Bertz CT molecular complexity index is 773. The molecule has 122 valence electrons. The largest absolute Gasteiger partial charge is 0.322 e. The zero-order valence-corrected chi connectivity index (χ0v) is 14.6. The lowest BCUT2D eigenvalue weighted by Crippen LogP contribution is -2.36. The molecule has 2 unspecified atom stereocenters. The van der Waals surface area contributed by atoms with Crippen LogP contribution in [0.3, 0.4) is 0 Å². The summed E-state index contributed by atoms with van der Waals surface area (Å²) in [7, 11) is 0. The predicted octanol–water partition coefficient (Wildman–Crippen LogP) is 3.15. The average Bonchev–Trinajstić information content (AvgIpc) is 2.93. The summed E-state index contributed by atoms with van der Waals surface area (Å²) in [5.74, 6) is -0.0332. The number of carbonyl (C=O) groups is 1. The Hall–Kier alpha value is -2.10. The molecular formula is C17H15ClN4OS. The summed E-state index contributed by atoms with van der Waals surface area (Å²) in [6.07, 6.45) is 3.35. The smallest absolute Gasteiger partial charge is 0.233 e. The van der Waals surface area contributed by atoms with Crippen LogP contribution in [0.4, 0.5) is 0 Å². The number of thioether (sulfide) groups is 1. The van der Waals surface area contributed by atoms with Gasteiger partial charge in [-0.15, -0.1) is 11.8 Å². The number of aromatic nitrogens is 2. The summed E-state index contributed by atoms with van der Waals surface area (Å²) in [5.41, 5.74) is 2.40. The van der Waals surface area contributed by atoms with Gasteiger partial charge in [0.05, 0.1) is 41.3 Å². The van der Waals surface area contributed by atoms with Crippen molar-refractivity contribution in [1.82, 2.24) is 14.9 Å². The molecule has 0 N–H and O–H groups in total. The van der Waals surface area contributed by atoms with Crippen molar-refractivity contribution in [3.63, 3.8) is 0 Å². The topological polar surface area (TPSA) is 69.9 Å². The van der Waals surface area contributed by atoms with Crippen LogP contribution in [0.15, 0.2) is 36.7 Å². The number of amides is 1. The number of hydrogen-bond acceptors (Lipinski definition) is 5. The van der Waals surface area contributed by atoms with E-state index in [4.69, 9.17) is 11.6 Å². The van der Waals surface area contributed by atoms with Gasteiger partial charge in [-0.05, 0) is 24.6 Å². The number of carbonyl (C=O) groups excluding carboxylic acids is 1. The van der Waals surface area contributed by atoms with Crippen molar-refractivity contribution < 1.29 is 4.79 Å². The van der Waals surface area contributed by atoms with Crippen molar-refractivity contribution in [3.05, 3.63) is 58.6 Å². The Morgan fingerprint density at radius 2 is 2.12 bits per heavy atom. The summed E-state index contributed by atoms with van der Waals surface area (Å²) >= 11 is 7.41. The first-order valence-electron chi connectivity index (χ1n) is 7.42. The Balaban J connectivity index is 1.84. The monoisotopic (exact) mass is 358 g/mol. The molecule has 1 aliphatic rings. The van der Waals surface area contributed by atoms with Crippen molar-refractivity contribution in [3.8, 4) is 6.07 Å². The van der Waals surface area contributed by atoms with Crippen LogP contribution in [0, 0.1) is 18.3 Å². The van der Waals surface area contributed by atoms with Crippen LogP contribution in [-0.2, 0) is 11.3 Å². The van der Waals surface area contributed by atoms with Crippen molar-refractivity contribution in [2.24, 2.45) is 0 Å². The zero-order chi connectivity index (χ0) is 17.1. The van der Waals surface area contributed by atoms with E-state index in [0.29, 0.717) is 23.0 Å². The maximum atomic E-state index is 12.3. The molecule has 1 amide bonds. The van der Waals surface area contributed by atoms with Crippen molar-refractivity contribution in [1.29, 1.82) is 5.26 Å². The van der Waals surface area contributed by atoms with E-state index in [-0.39, 0.29) is 11.3 Å². The molecule has 0 saturated carbocycles. The number of benzene rings is 1. The molecule has 0 radical (unpaired) electrons. The molecule has 0 bridgehead atoms. The molecule has 2 aromatic rings. The summed E-state index contributed by atoms with van der Waals surface area (Å²) in [4.78, 5) is 22.5. The van der Waals surface area contributed by atoms with Gasteiger partial charge < -0.3 is 4.90 Å². The van der Waals surface area contributed by atoms with Crippen molar-refractivity contribution >= 4 is 29.3 Å². The fourth-order valence-electron chi connectivity index (χ4n) is 2.57. The quantitative estimate of drug-likeness (QED) is 0.839. The van der Waals surface area contributed by atoms with Crippen LogP contribution in [-0.4, -0.2) is 31.9 Å². The zero-order valence-electron chi connectivity index (χ0n) is 13.0. The van der Waals surface area contributed by atoms with Gasteiger partial charge >= 0.3 is 0 Å². The van der Waals surface area contributed by atoms with E-state index in [9.17, 15) is 10.1 Å². The van der Waals surface area contributed by atoms with Gasteiger partial charge in [0.25, 0.3) is 0 Å². The number of nitrogens with zero attached hydrogens (tertiary/aromatic N) is 4. The lowest BCUT2D eigenvalue weighted by atomic mass is 9.99. The molecule has 0 spiro atoms. The van der Waals surface area contributed by atoms with Crippen molar-refractivity contribution in [2.45, 2.75) is 24.8 Å². The fraction of sp³-hybridized carbons (Fsp3) is 0.294. The summed E-state index contributed by atoms with van der Waals surface area (Å²) in [6.45, 7) is 2.22. The van der Waals surface area contributed by atoms with Crippen LogP contribution < -0.4 is 0 Å². The van der Waals surface area contributed by atoms with Crippen LogP contribution in [0.1, 0.15) is 22.9 Å². The van der Waals surface area contributed by atoms with E-state index in [1.807, 2.05) is 19.1 Å². The summed E-state index contributed by atoms with van der Waals surface area (Å²) in [5, 5.41) is 10.0. The number of nitriles is 1. The minimum Gasteiger partial charge on any atom is -0.322 e. The maximum Gasteiger partial charge on any atom is 0.233 e. The first kappa shape index (κ1) is 16.7. The van der Waals surface area contributed by atoms with Crippen molar-refractivity contribution in [2.75, 3.05) is 5.75 Å². The van der Waals surface area contributed by atoms with E-state index < -0.39 is 5.92 Å². The first-order valence-corrected chi connectivity index (χ1v) is 8.85. The Kier molecular flexibility index (Phi) is 5.03. The lowest BCUT2D eigenvalue weighted by molar-refractivity contribution is -0.128. The fourth-order valence-corrected chi connectivity index (χ4v) is 3.96. The SMILES string of the molecule is Cc1cnc(CN2C(=O)CSC2C(C#N)c2ccc(Cl)cc2)cn1. The summed E-state index contributed by atoms with van der Waals surface area (Å²) in [6, 6.07) is 9.53. The number of halogens is 1. The molecule has 0 aliphatic carbocycles. The second-order valence-electron chi connectivity index (χ2n) is 5.53. The average molecular weight is 359 g/mol. The molecule has 1 saturated heterocycles. The van der Waals surface area contributed by atoms with Gasteiger partial charge in [0.15, 0.2) is 0 Å². The van der Waals surface area contributed by atoms with E-state index >= 15 is 0 Å². The normalized spacial score (nSPS) is 18.5. The highest BCUT2D eigenvalue weighted by molar-refractivity contribution is 8.01. The van der Waals surface area contributed by atoms with Gasteiger partial charge in [0, 0.05) is 11.2 Å². The van der Waals surface area contributed by atoms with Gasteiger partial charge in [0.2, 0.25) is 5.91 Å². The molecule has 24 heavy (non-hydrogen) atoms. The standard InChI is InChI=1S/C17H15ClN4OS/c1-11-7-21-14(8-20-11)9-22-16(23)10-24-17(22)15(6-19)12-2-4-13(18)5-3-12/h2-5,7-8,15,17H,9-10H2,1H3. The Morgan fingerprint density at radius 1 is 1.38 bits per heavy atom. The highest BCUT2D eigenvalue weighted by Gasteiger charge is 2.38. The van der Waals surface area contributed by atoms with E-state index in [1.54, 1.807) is 29.4 Å². The molecule has 1 aliphatic heterocycles. The molecule has 3 rings (SSSR count). The van der Waals surface area contributed by atoms with Crippen LogP contribution >= 0.6 is 23.4 Å². The highest BCUT2D eigenvalue weighted by Crippen LogP contribution is 2.37. The molecule has 1 fully saturated rings. The van der Waals surface area contributed by atoms with Gasteiger partial charge in [-0.25, -0.2) is 0 Å². The van der Waals surface area contributed by atoms with Gasteiger partial charge in [-0.2, -0.15) is 5.26 Å². The molecule has 1 aromatic carbocycles. The van der Waals surface area contributed by atoms with Crippen LogP contribution in [0.5, 0.6) is 0 Å². The van der Waals surface area contributed by atoms with E-state index in [1.165, 1.54) is 11.8 Å². The Labute approximate surface area is 149 Å². The molecule has 2 atom stereocenters. The first-order chi connectivity index (χ1) is 11.6. The number of hydrogen-bond donors (Lipinski definition) is 0. The molecule has 7 heteroatoms. The lowest BCUT2D eigenvalue weighted by Gasteiger charge is -2.27. The summed E-state index contributed by atoms with van der Waals surface area (Å²) < 4.78 is 0. The third-order valence-corrected chi connectivity index (χ3v) is 5.36. The third-order valence-electron chi connectivity index (χ3n) is 3.83. The minimum absolute atomic E-state index is 0.0154. The molecule has 2 heterocycles.